The molecule has 14 heteroatoms. The second kappa shape index (κ2) is 32.3. The van der Waals surface area contributed by atoms with Gasteiger partial charge in [0.1, 0.15) is 0 Å². The first kappa shape index (κ1) is 79.6. The lowest BCUT2D eigenvalue weighted by molar-refractivity contribution is -0.203. The van der Waals surface area contributed by atoms with Gasteiger partial charge in [0.05, 0.1) is 43.2 Å². The fraction of sp³-hybridized carbons (Fsp3) is 0.988. The van der Waals surface area contributed by atoms with Crippen molar-refractivity contribution < 1.29 is 62.8 Å². The Hall–Kier alpha value is -0.940. The van der Waals surface area contributed by atoms with Crippen LogP contribution in [0.3, 0.4) is 0 Å². The standard InChI is InChI=1S/C28H50O6S.C28H48O4.C28H50O3/c1-5-20-24-17-19(29)12-14-28(24,4)23-13-15-27(3)21(10-11-22(27)25(23)26(20)30)18(2)9-7-6-8-16-34-35(31,32)33;1-5-19-23-16-18(29)12-14-28(23,4)22-13-15-27(3)20(10-11-21(27)25(22)26(19)32)17(2)8-6-7-9-24(30)31;1-5-20-24-17-19(30)12-14-28(24,4)23-13-15-27(3)21(18(2)9-7-6-8-16-29)10-11-22(27)25(23)26(20)31/h18-26,29-30H,5-17H2,1-4H3,(H,31,32,33);17-23,25-26,29,32H,5-16H2,1-4H3,(H,30,31);18-26,29-31H,5-17H2,1-4H3/t18-,19-,20-,21-,22?,23?,24+,25?,26-,27-,28-;17-,18-,19-,20-,21?,22?,23+,25?,26-,27-,28-;18-,19-,20-,21-,22?,23?,24+,25?,26-,27-,28-/m111/s1. The summed E-state index contributed by atoms with van der Waals surface area (Å²) in [6.45, 7) is 29.6. The number of aliphatic carboxylic acids is 1. The van der Waals surface area contributed by atoms with Crippen LogP contribution in [0.2, 0.25) is 0 Å². The summed E-state index contributed by atoms with van der Waals surface area (Å²) in [4.78, 5) is 10.9. The average molecular weight is 1400 g/mol. The molecule has 98 heavy (non-hydrogen) atoms. The van der Waals surface area contributed by atoms with E-state index in [1.54, 1.807) is 0 Å². The van der Waals surface area contributed by atoms with Gasteiger partial charge in [0, 0.05) is 13.0 Å². The number of fused-ring (bicyclic) bond motifs is 15. The second-order valence-corrected chi connectivity index (χ2v) is 39.7. The maximum Gasteiger partial charge on any atom is 0.397 e. The summed E-state index contributed by atoms with van der Waals surface area (Å²) in [5.74, 6) is 10.8. The van der Waals surface area contributed by atoms with E-state index in [1.807, 2.05) is 0 Å². The third-order valence-corrected chi connectivity index (χ3v) is 35.1. The van der Waals surface area contributed by atoms with Crippen LogP contribution in [0.5, 0.6) is 0 Å². The number of carbonyl (C=O) groups is 1. The van der Waals surface area contributed by atoms with Crippen LogP contribution in [-0.4, -0.2) is 110 Å². The van der Waals surface area contributed by atoms with Gasteiger partial charge in [0.15, 0.2) is 0 Å². The molecular weight excluding hydrogens is 1250 g/mol. The normalized spacial score (nSPS) is 48.6. The van der Waals surface area contributed by atoms with Gasteiger partial charge in [0.25, 0.3) is 0 Å². The van der Waals surface area contributed by atoms with Gasteiger partial charge in [-0.05, 0) is 311 Å². The van der Waals surface area contributed by atoms with Crippen LogP contribution in [0.25, 0.3) is 0 Å². The molecule has 0 aromatic heterocycles. The molecule has 12 aliphatic rings. The van der Waals surface area contributed by atoms with Crippen LogP contribution >= 0.6 is 0 Å². The number of rotatable bonds is 23. The Morgan fingerprint density at radius 2 is 0.704 bits per heavy atom. The lowest BCUT2D eigenvalue weighted by atomic mass is 9.41. The summed E-state index contributed by atoms with van der Waals surface area (Å²) in [7, 11) is -4.33. The molecule has 9 N–H and O–H groups in total. The van der Waals surface area contributed by atoms with Crippen molar-refractivity contribution in [2.45, 2.75) is 351 Å². The summed E-state index contributed by atoms with van der Waals surface area (Å²) in [6.07, 6.45) is 37.5. The van der Waals surface area contributed by atoms with Crippen molar-refractivity contribution in [2.75, 3.05) is 13.2 Å². The summed E-state index contributed by atoms with van der Waals surface area (Å²) >= 11 is 0. The minimum atomic E-state index is -4.33. The van der Waals surface area contributed by atoms with Crippen LogP contribution in [0.1, 0.15) is 314 Å². The molecular formula is C84H148O13S. The van der Waals surface area contributed by atoms with E-state index >= 15 is 0 Å². The molecule has 0 saturated heterocycles. The lowest BCUT2D eigenvalue weighted by Crippen LogP contribution is -2.62. The number of hydrogen-bond donors (Lipinski definition) is 9. The zero-order valence-electron chi connectivity index (χ0n) is 64.0. The Morgan fingerprint density at radius 3 is 1.00 bits per heavy atom. The summed E-state index contributed by atoms with van der Waals surface area (Å²) in [5, 5.41) is 84.8. The molecule has 12 aliphatic carbocycles. The molecule has 0 aliphatic heterocycles. The molecule has 0 aromatic carbocycles. The van der Waals surface area contributed by atoms with E-state index in [4.69, 9.17) is 14.8 Å². The molecule has 12 saturated carbocycles. The SMILES string of the molecule is CC[C@H]1[C@@H](O)C2C3CC[C@H]([C@H](C)CCCCC(=O)O)[C@@]3(C)CCC2[C@@]2(C)CC[C@@H](O)C[C@@H]12.CC[C@H]1[C@@H](O)C2C3CC[C@H]([C@H](C)CCCCCO)[C@@]3(C)CCC2[C@@]2(C)CC[C@@H](O)C[C@@H]12.CC[C@H]1[C@@H](O)C2C3CC[C@H]([C@H](C)CCCCCOS(=O)(=O)O)[C@@]3(C)CCC2[C@@]2(C)CC[C@@H](O)C[C@@H]12. The lowest BCUT2D eigenvalue weighted by Gasteiger charge is -2.64. The van der Waals surface area contributed by atoms with Crippen molar-refractivity contribution in [1.29, 1.82) is 0 Å². The molecule has 0 heterocycles. The van der Waals surface area contributed by atoms with E-state index < -0.39 is 16.4 Å². The summed E-state index contributed by atoms with van der Waals surface area (Å²) in [5.41, 5.74) is 1.80. The van der Waals surface area contributed by atoms with E-state index in [2.05, 4.69) is 87.3 Å². The van der Waals surface area contributed by atoms with E-state index in [0.717, 1.165) is 140 Å². The van der Waals surface area contributed by atoms with Crippen molar-refractivity contribution in [3.8, 4) is 0 Å². The molecule has 0 amide bonds. The van der Waals surface area contributed by atoms with Crippen LogP contribution in [0.15, 0.2) is 0 Å². The van der Waals surface area contributed by atoms with Gasteiger partial charge in [0.2, 0.25) is 0 Å². The Morgan fingerprint density at radius 1 is 0.408 bits per heavy atom. The maximum atomic E-state index is 11.8. The van der Waals surface area contributed by atoms with Crippen LogP contribution in [-0.2, 0) is 19.4 Å². The van der Waals surface area contributed by atoms with E-state index in [9.17, 15) is 43.9 Å². The highest BCUT2D eigenvalue weighted by molar-refractivity contribution is 7.80. The van der Waals surface area contributed by atoms with Crippen LogP contribution in [0, 0.1) is 157 Å². The largest absolute Gasteiger partial charge is 0.481 e. The summed E-state index contributed by atoms with van der Waals surface area (Å²) < 4.78 is 34.5. The van der Waals surface area contributed by atoms with Gasteiger partial charge in [-0.15, -0.1) is 0 Å². The fourth-order valence-corrected chi connectivity index (χ4v) is 30.1. The van der Waals surface area contributed by atoms with Crippen molar-refractivity contribution in [1.82, 2.24) is 0 Å². The number of aliphatic hydroxyl groups excluding tert-OH is 7. The molecule has 33 atom stereocenters. The first-order valence-electron chi connectivity index (χ1n) is 41.9. The zero-order valence-corrected chi connectivity index (χ0v) is 64.8. The van der Waals surface area contributed by atoms with Crippen LogP contribution in [0.4, 0.5) is 0 Å². The molecule has 0 bridgehead atoms. The number of unbranched alkanes of at least 4 members (excludes halogenated alkanes) is 5. The number of carboxylic acids is 1. The fourth-order valence-electron chi connectivity index (χ4n) is 29.8. The molecule has 12 rings (SSSR count). The first-order chi connectivity index (χ1) is 46.3. The number of carboxylic acid groups (broad SMARTS) is 1. The molecule has 0 spiro atoms. The van der Waals surface area contributed by atoms with Gasteiger partial charge < -0.3 is 40.9 Å². The third kappa shape index (κ3) is 15.2. The Bertz CT molecular complexity index is 2680. The molecule has 0 radical (unpaired) electrons. The van der Waals surface area contributed by atoms with Gasteiger partial charge in [-0.25, -0.2) is 4.18 Å². The monoisotopic (exact) mass is 1400 g/mol. The van der Waals surface area contributed by atoms with E-state index in [-0.39, 0.29) is 59.5 Å². The molecule has 0 aromatic rings. The highest BCUT2D eigenvalue weighted by Gasteiger charge is 2.69. The van der Waals surface area contributed by atoms with Crippen molar-refractivity contribution in [3.05, 3.63) is 0 Å². The minimum Gasteiger partial charge on any atom is -0.481 e. The van der Waals surface area contributed by atoms with E-state index in [0.29, 0.717) is 148 Å². The highest BCUT2D eigenvalue weighted by Crippen LogP contribution is 2.73. The third-order valence-electron chi connectivity index (χ3n) is 34.6. The topological polar surface area (TPSA) is 243 Å². The average Bonchev–Trinajstić information content (AvgIpc) is 1.28. The predicted octanol–water partition coefficient (Wildman–Crippen LogP) is 17.3. The van der Waals surface area contributed by atoms with Crippen molar-refractivity contribution in [2.24, 2.45) is 157 Å². The molecule has 13 nitrogen and oxygen atoms in total. The minimum absolute atomic E-state index is 0.0484. The zero-order chi connectivity index (χ0) is 71.2. The highest BCUT2D eigenvalue weighted by atomic mass is 32.3. The smallest absolute Gasteiger partial charge is 0.397 e. The Labute approximate surface area is 596 Å². The number of hydrogen-bond acceptors (Lipinski definition) is 11. The Balaban J connectivity index is 0.000000160. The van der Waals surface area contributed by atoms with Crippen molar-refractivity contribution in [3.63, 3.8) is 0 Å². The maximum absolute atomic E-state index is 11.8. The van der Waals surface area contributed by atoms with Gasteiger partial charge >= 0.3 is 16.4 Å². The van der Waals surface area contributed by atoms with Crippen molar-refractivity contribution >= 4 is 16.4 Å². The predicted molar refractivity (Wildman–Crippen MR) is 390 cm³/mol. The molecule has 568 valence electrons. The Kier molecular flexibility index (Phi) is 26.2. The second-order valence-electron chi connectivity index (χ2n) is 38.6. The van der Waals surface area contributed by atoms with E-state index in [1.165, 1.54) is 89.9 Å². The number of aliphatic hydroxyl groups is 7. The summed E-state index contributed by atoms with van der Waals surface area (Å²) in [6, 6.07) is 0. The van der Waals surface area contributed by atoms with Gasteiger partial charge in [-0.3, -0.25) is 9.35 Å². The first-order valence-corrected chi connectivity index (χ1v) is 43.2. The molecule has 9 unspecified atom stereocenters. The van der Waals surface area contributed by atoms with Gasteiger partial charge in [-0.2, -0.15) is 8.42 Å². The van der Waals surface area contributed by atoms with Gasteiger partial charge in [-0.1, -0.05) is 154 Å². The quantitative estimate of drug-likeness (QED) is 0.0342. The van der Waals surface area contributed by atoms with Crippen LogP contribution < -0.4 is 0 Å². The molecule has 12 fully saturated rings.